The van der Waals surface area contributed by atoms with Gasteiger partial charge in [0, 0.05) is 24.2 Å². The molecule has 0 saturated carbocycles. The van der Waals surface area contributed by atoms with Crippen molar-refractivity contribution in [3.8, 4) is 0 Å². The molecule has 1 amide bonds. The van der Waals surface area contributed by atoms with Crippen LogP contribution in [0.25, 0.3) is 10.9 Å². The molecule has 5 nitrogen and oxygen atoms in total. The molecule has 114 valence electrons. The van der Waals surface area contributed by atoms with E-state index in [0.717, 1.165) is 16.5 Å². The van der Waals surface area contributed by atoms with Gasteiger partial charge in [0.2, 0.25) is 5.91 Å². The van der Waals surface area contributed by atoms with Crippen molar-refractivity contribution in [2.75, 3.05) is 13.7 Å². The minimum absolute atomic E-state index is 0.165. The molecule has 21 heavy (non-hydrogen) atoms. The van der Waals surface area contributed by atoms with Crippen molar-refractivity contribution in [2.24, 2.45) is 5.73 Å². The fourth-order valence-electron chi connectivity index (χ4n) is 2.45. The molecule has 4 N–H and O–H groups in total. The van der Waals surface area contributed by atoms with E-state index in [-0.39, 0.29) is 5.91 Å². The molecule has 1 atom stereocenters. The van der Waals surface area contributed by atoms with Crippen LogP contribution in [0.2, 0.25) is 0 Å². The Morgan fingerprint density at radius 2 is 2.14 bits per heavy atom. The number of methoxy groups -OCH3 is 1. The van der Waals surface area contributed by atoms with Gasteiger partial charge in [0.05, 0.1) is 18.2 Å². The maximum atomic E-state index is 12.2. The first-order chi connectivity index (χ1) is 9.93. The van der Waals surface area contributed by atoms with Gasteiger partial charge in [-0.25, -0.2) is 0 Å². The largest absolute Gasteiger partial charge is 0.382 e. The monoisotopic (exact) mass is 289 g/mol. The summed E-state index contributed by atoms with van der Waals surface area (Å²) in [7, 11) is 1.61. The molecule has 0 aliphatic rings. The maximum Gasteiger partial charge on any atom is 0.237 e. The Labute approximate surface area is 124 Å². The Morgan fingerprint density at radius 1 is 1.43 bits per heavy atom. The number of hydrogen-bond acceptors (Lipinski definition) is 3. The van der Waals surface area contributed by atoms with Crippen LogP contribution in [0.5, 0.6) is 0 Å². The van der Waals surface area contributed by atoms with Crippen molar-refractivity contribution < 1.29 is 9.53 Å². The third kappa shape index (κ3) is 3.83. The van der Waals surface area contributed by atoms with E-state index in [1.165, 1.54) is 0 Å². The smallest absolute Gasteiger partial charge is 0.237 e. The second-order valence-electron chi connectivity index (χ2n) is 5.98. The number of aromatic amines is 1. The number of para-hydroxylation sites is 1. The summed E-state index contributed by atoms with van der Waals surface area (Å²) in [5.41, 5.74) is 7.72. The van der Waals surface area contributed by atoms with E-state index < -0.39 is 11.6 Å². The van der Waals surface area contributed by atoms with Crippen LogP contribution in [0.3, 0.4) is 0 Å². The van der Waals surface area contributed by atoms with Gasteiger partial charge in [0.25, 0.3) is 0 Å². The molecule has 0 saturated heterocycles. The maximum absolute atomic E-state index is 12.2. The quantitative estimate of drug-likeness (QED) is 0.755. The van der Waals surface area contributed by atoms with Crippen molar-refractivity contribution in [2.45, 2.75) is 31.8 Å². The highest BCUT2D eigenvalue weighted by Gasteiger charge is 2.24. The van der Waals surface area contributed by atoms with Crippen molar-refractivity contribution in [1.82, 2.24) is 10.3 Å². The summed E-state index contributed by atoms with van der Waals surface area (Å²) in [6.45, 7) is 4.26. The number of nitrogens with one attached hydrogen (secondary N) is 2. The summed E-state index contributed by atoms with van der Waals surface area (Å²) < 4.78 is 5.09. The topological polar surface area (TPSA) is 80.1 Å². The zero-order valence-corrected chi connectivity index (χ0v) is 12.8. The van der Waals surface area contributed by atoms with Crippen molar-refractivity contribution >= 4 is 16.8 Å². The standard InChI is InChI=1S/C16H23N3O2/c1-16(2,10-21-3)19-15(20)13(17)8-11-9-18-14-7-5-4-6-12(11)14/h4-7,9,13,18H,8,10,17H2,1-3H3,(H,19,20)/t13-/m1/s1. The average molecular weight is 289 g/mol. The Balaban J connectivity index is 2.04. The molecule has 0 aliphatic heterocycles. The first-order valence-corrected chi connectivity index (χ1v) is 7.04. The van der Waals surface area contributed by atoms with Crippen LogP contribution >= 0.6 is 0 Å². The molecule has 0 fully saturated rings. The van der Waals surface area contributed by atoms with E-state index in [4.69, 9.17) is 10.5 Å². The van der Waals surface area contributed by atoms with Gasteiger partial charge in [-0.3, -0.25) is 4.79 Å². The van der Waals surface area contributed by atoms with Gasteiger partial charge in [-0.1, -0.05) is 18.2 Å². The first-order valence-electron chi connectivity index (χ1n) is 7.04. The zero-order chi connectivity index (χ0) is 15.5. The number of benzene rings is 1. The SMILES string of the molecule is COCC(C)(C)NC(=O)[C@H](N)Cc1c[nH]c2ccccc12. The van der Waals surface area contributed by atoms with Crippen LogP contribution in [0.1, 0.15) is 19.4 Å². The Morgan fingerprint density at radius 3 is 2.86 bits per heavy atom. The number of fused-ring (bicyclic) bond motifs is 1. The minimum atomic E-state index is -0.583. The van der Waals surface area contributed by atoms with E-state index in [1.54, 1.807) is 7.11 Å². The van der Waals surface area contributed by atoms with Gasteiger partial charge in [-0.05, 0) is 31.9 Å². The number of aromatic nitrogens is 1. The van der Waals surface area contributed by atoms with Gasteiger partial charge >= 0.3 is 0 Å². The van der Waals surface area contributed by atoms with Gasteiger partial charge in [-0.2, -0.15) is 0 Å². The molecule has 0 bridgehead atoms. The Kier molecular flexibility index (Phi) is 4.65. The van der Waals surface area contributed by atoms with Gasteiger partial charge in [0.1, 0.15) is 0 Å². The highest BCUT2D eigenvalue weighted by molar-refractivity contribution is 5.86. The summed E-state index contributed by atoms with van der Waals surface area (Å²) in [4.78, 5) is 15.4. The molecule has 0 unspecified atom stereocenters. The summed E-state index contributed by atoms with van der Waals surface area (Å²) in [6.07, 6.45) is 2.41. The lowest BCUT2D eigenvalue weighted by atomic mass is 10.0. The van der Waals surface area contributed by atoms with E-state index in [0.29, 0.717) is 13.0 Å². The molecule has 1 heterocycles. The summed E-state index contributed by atoms with van der Waals surface area (Å²) >= 11 is 0. The molecule has 2 rings (SSSR count). The Hall–Kier alpha value is -1.85. The molecule has 5 heteroatoms. The van der Waals surface area contributed by atoms with Crippen molar-refractivity contribution in [3.63, 3.8) is 0 Å². The number of carbonyl (C=O) groups excluding carboxylic acids is 1. The Bertz CT molecular complexity index is 619. The molecule has 0 aliphatic carbocycles. The van der Waals surface area contributed by atoms with E-state index in [1.807, 2.05) is 44.3 Å². The van der Waals surface area contributed by atoms with Crippen molar-refractivity contribution in [1.29, 1.82) is 0 Å². The van der Waals surface area contributed by atoms with Crippen LogP contribution < -0.4 is 11.1 Å². The molecule has 1 aromatic heterocycles. The molecule has 1 aromatic carbocycles. The second kappa shape index (κ2) is 6.28. The van der Waals surface area contributed by atoms with E-state index in [2.05, 4.69) is 10.3 Å². The number of carbonyl (C=O) groups is 1. The van der Waals surface area contributed by atoms with Crippen LogP contribution in [0.4, 0.5) is 0 Å². The molecule has 2 aromatic rings. The number of ether oxygens (including phenoxy) is 1. The van der Waals surface area contributed by atoms with Crippen LogP contribution in [0.15, 0.2) is 30.5 Å². The lowest BCUT2D eigenvalue weighted by Gasteiger charge is -2.27. The number of rotatable bonds is 6. The average Bonchev–Trinajstić information content (AvgIpc) is 2.81. The highest BCUT2D eigenvalue weighted by Crippen LogP contribution is 2.18. The molecule has 0 radical (unpaired) electrons. The van der Waals surface area contributed by atoms with Crippen molar-refractivity contribution in [3.05, 3.63) is 36.0 Å². The summed E-state index contributed by atoms with van der Waals surface area (Å²) in [5.74, 6) is -0.165. The fraction of sp³-hybridized carbons (Fsp3) is 0.438. The van der Waals surface area contributed by atoms with E-state index in [9.17, 15) is 4.79 Å². The summed E-state index contributed by atoms with van der Waals surface area (Å²) in [5, 5.41) is 4.03. The van der Waals surface area contributed by atoms with Crippen LogP contribution in [-0.2, 0) is 16.0 Å². The van der Waals surface area contributed by atoms with E-state index >= 15 is 0 Å². The minimum Gasteiger partial charge on any atom is -0.382 e. The first kappa shape index (κ1) is 15.5. The van der Waals surface area contributed by atoms with Gasteiger partial charge in [0.15, 0.2) is 0 Å². The number of hydrogen-bond donors (Lipinski definition) is 3. The second-order valence-corrected chi connectivity index (χ2v) is 5.98. The zero-order valence-electron chi connectivity index (χ0n) is 12.8. The predicted octanol–water partition coefficient (Wildman–Crippen LogP) is 1.58. The number of nitrogens with two attached hydrogens (primary N) is 1. The third-order valence-corrected chi connectivity index (χ3v) is 3.42. The highest BCUT2D eigenvalue weighted by atomic mass is 16.5. The lowest BCUT2D eigenvalue weighted by Crippen LogP contribution is -2.53. The fourth-order valence-corrected chi connectivity index (χ4v) is 2.45. The van der Waals surface area contributed by atoms with Gasteiger partial charge in [-0.15, -0.1) is 0 Å². The predicted molar refractivity (Wildman–Crippen MR) is 84.1 cm³/mol. The number of amides is 1. The summed E-state index contributed by atoms with van der Waals surface area (Å²) in [6, 6.07) is 7.41. The molecular weight excluding hydrogens is 266 g/mol. The lowest BCUT2D eigenvalue weighted by molar-refractivity contribution is -0.124. The molecular formula is C16H23N3O2. The molecule has 0 spiro atoms. The van der Waals surface area contributed by atoms with Crippen LogP contribution in [-0.4, -0.2) is 36.2 Å². The third-order valence-electron chi connectivity index (χ3n) is 3.42. The number of H-pyrrole nitrogens is 1. The van der Waals surface area contributed by atoms with Crippen LogP contribution in [0, 0.1) is 0 Å². The van der Waals surface area contributed by atoms with Gasteiger partial charge < -0.3 is 20.8 Å². The normalized spacial score (nSPS) is 13.3.